The van der Waals surface area contributed by atoms with E-state index in [9.17, 15) is 4.79 Å². The summed E-state index contributed by atoms with van der Waals surface area (Å²) >= 11 is 5.69. The molecule has 0 amide bonds. The molecule has 1 aromatic carbocycles. The third-order valence-electron chi connectivity index (χ3n) is 1.72. The Morgan fingerprint density at radius 3 is 2.67 bits per heavy atom. The molecule has 0 fully saturated rings. The Bertz CT molecular complexity index is 384. The lowest BCUT2D eigenvalue weighted by molar-refractivity contribution is 0.0513. The lowest BCUT2D eigenvalue weighted by Gasteiger charge is -2.02. The Kier molecular flexibility index (Phi) is 4.73. The molecule has 0 aliphatic rings. The van der Waals surface area contributed by atoms with E-state index in [0.29, 0.717) is 23.6 Å². The molecule has 0 aromatic heterocycles. The second kappa shape index (κ2) is 6.10. The molecular weight excluding hydrogens is 212 g/mol. The molecule has 0 unspecified atom stereocenters. The molecule has 0 N–H and O–H groups in total. The first kappa shape index (κ1) is 11.6. The van der Waals surface area contributed by atoms with Gasteiger partial charge in [0.15, 0.2) is 0 Å². The fourth-order valence-corrected chi connectivity index (χ4v) is 1.12. The van der Waals surface area contributed by atoms with Crippen LogP contribution >= 0.6 is 11.6 Å². The fraction of sp³-hybridized carbons (Fsp3) is 0.250. The van der Waals surface area contributed by atoms with Gasteiger partial charge in [0.2, 0.25) is 0 Å². The van der Waals surface area contributed by atoms with E-state index in [2.05, 4.69) is 11.8 Å². The number of hydrogen-bond donors (Lipinski definition) is 0. The van der Waals surface area contributed by atoms with Gasteiger partial charge in [-0.2, -0.15) is 0 Å². The van der Waals surface area contributed by atoms with Crippen LogP contribution in [-0.2, 0) is 4.74 Å². The zero-order valence-corrected chi connectivity index (χ0v) is 9.17. The standard InChI is InChI=1S/C12H11ClO2/c1-2-3-4-9-15-12(14)10-5-7-11(13)8-6-10/h5-8H,4,9H2,1H3. The molecule has 0 radical (unpaired) electrons. The molecule has 0 aliphatic carbocycles. The number of rotatable bonds is 3. The number of carbonyl (C=O) groups excluding carboxylic acids is 1. The van der Waals surface area contributed by atoms with E-state index in [-0.39, 0.29) is 5.97 Å². The molecule has 0 saturated carbocycles. The Morgan fingerprint density at radius 2 is 2.07 bits per heavy atom. The monoisotopic (exact) mass is 222 g/mol. The minimum Gasteiger partial charge on any atom is -0.461 e. The third kappa shape index (κ3) is 4.05. The summed E-state index contributed by atoms with van der Waals surface area (Å²) in [5, 5.41) is 0.600. The van der Waals surface area contributed by atoms with Crippen LogP contribution in [-0.4, -0.2) is 12.6 Å². The second-order valence-corrected chi connectivity index (χ2v) is 3.26. The summed E-state index contributed by atoms with van der Waals surface area (Å²) in [5.74, 6) is 5.20. The number of esters is 1. The van der Waals surface area contributed by atoms with E-state index in [4.69, 9.17) is 16.3 Å². The maximum absolute atomic E-state index is 11.4. The van der Waals surface area contributed by atoms with Crippen LogP contribution in [0.1, 0.15) is 23.7 Å². The summed E-state index contributed by atoms with van der Waals surface area (Å²) in [6, 6.07) is 6.58. The minimum absolute atomic E-state index is 0.322. The van der Waals surface area contributed by atoms with Crippen molar-refractivity contribution in [2.45, 2.75) is 13.3 Å². The largest absolute Gasteiger partial charge is 0.461 e. The number of carbonyl (C=O) groups is 1. The van der Waals surface area contributed by atoms with Gasteiger partial charge in [-0.05, 0) is 31.2 Å². The van der Waals surface area contributed by atoms with Gasteiger partial charge in [-0.15, -0.1) is 11.8 Å². The molecule has 0 aliphatic heterocycles. The van der Waals surface area contributed by atoms with E-state index >= 15 is 0 Å². The van der Waals surface area contributed by atoms with Crippen molar-refractivity contribution in [2.24, 2.45) is 0 Å². The molecule has 1 aromatic rings. The van der Waals surface area contributed by atoms with Gasteiger partial charge in [-0.1, -0.05) is 11.6 Å². The Balaban J connectivity index is 2.46. The van der Waals surface area contributed by atoms with Gasteiger partial charge in [-0.25, -0.2) is 4.79 Å². The summed E-state index contributed by atoms with van der Waals surface area (Å²) in [6.45, 7) is 2.07. The van der Waals surface area contributed by atoms with Crippen LogP contribution in [0.2, 0.25) is 5.02 Å². The highest BCUT2D eigenvalue weighted by Gasteiger charge is 2.05. The average molecular weight is 223 g/mol. The van der Waals surface area contributed by atoms with Crippen LogP contribution in [0.15, 0.2) is 24.3 Å². The first-order valence-electron chi connectivity index (χ1n) is 4.56. The molecule has 0 atom stereocenters. The molecule has 2 nitrogen and oxygen atoms in total. The maximum atomic E-state index is 11.4. The van der Waals surface area contributed by atoms with E-state index < -0.39 is 0 Å². The van der Waals surface area contributed by atoms with Crippen LogP contribution in [0, 0.1) is 11.8 Å². The quantitative estimate of drug-likeness (QED) is 0.447. The minimum atomic E-state index is -0.343. The number of hydrogen-bond acceptors (Lipinski definition) is 2. The van der Waals surface area contributed by atoms with Gasteiger partial charge in [0, 0.05) is 11.4 Å². The van der Waals surface area contributed by atoms with E-state index in [1.54, 1.807) is 31.2 Å². The topological polar surface area (TPSA) is 26.3 Å². The van der Waals surface area contributed by atoms with E-state index in [1.165, 1.54) is 0 Å². The molecule has 1 rings (SSSR count). The highest BCUT2D eigenvalue weighted by atomic mass is 35.5. The third-order valence-corrected chi connectivity index (χ3v) is 1.97. The Labute approximate surface area is 94.2 Å². The van der Waals surface area contributed by atoms with Crippen molar-refractivity contribution in [1.82, 2.24) is 0 Å². The average Bonchev–Trinajstić information content (AvgIpc) is 2.25. The Morgan fingerprint density at radius 1 is 1.40 bits per heavy atom. The van der Waals surface area contributed by atoms with Crippen LogP contribution in [0.3, 0.4) is 0 Å². The van der Waals surface area contributed by atoms with Crippen LogP contribution in [0.5, 0.6) is 0 Å². The smallest absolute Gasteiger partial charge is 0.338 e. The van der Waals surface area contributed by atoms with Crippen molar-refractivity contribution in [3.63, 3.8) is 0 Å². The van der Waals surface area contributed by atoms with Gasteiger partial charge in [-0.3, -0.25) is 0 Å². The van der Waals surface area contributed by atoms with Gasteiger partial charge in [0.1, 0.15) is 6.61 Å². The van der Waals surface area contributed by atoms with Gasteiger partial charge < -0.3 is 4.74 Å². The van der Waals surface area contributed by atoms with Crippen molar-refractivity contribution in [3.8, 4) is 11.8 Å². The lowest BCUT2D eigenvalue weighted by atomic mass is 10.2. The molecule has 0 bridgehead atoms. The van der Waals surface area contributed by atoms with Crippen molar-refractivity contribution in [1.29, 1.82) is 0 Å². The van der Waals surface area contributed by atoms with Crippen LogP contribution in [0.4, 0.5) is 0 Å². The number of benzene rings is 1. The highest BCUT2D eigenvalue weighted by molar-refractivity contribution is 6.30. The first-order chi connectivity index (χ1) is 7.24. The zero-order chi connectivity index (χ0) is 11.1. The zero-order valence-electron chi connectivity index (χ0n) is 8.42. The van der Waals surface area contributed by atoms with Gasteiger partial charge in [0.05, 0.1) is 5.56 Å². The SMILES string of the molecule is CC#CCCOC(=O)c1ccc(Cl)cc1. The molecular formula is C12H11ClO2. The van der Waals surface area contributed by atoms with Crippen molar-refractivity contribution in [3.05, 3.63) is 34.9 Å². The highest BCUT2D eigenvalue weighted by Crippen LogP contribution is 2.10. The first-order valence-corrected chi connectivity index (χ1v) is 4.94. The second-order valence-electron chi connectivity index (χ2n) is 2.82. The molecule has 0 heterocycles. The van der Waals surface area contributed by atoms with Crippen molar-refractivity contribution >= 4 is 17.6 Å². The molecule has 0 saturated heterocycles. The summed E-state index contributed by atoms with van der Waals surface area (Å²) in [7, 11) is 0. The van der Waals surface area contributed by atoms with Crippen LogP contribution < -0.4 is 0 Å². The predicted molar refractivity (Wildman–Crippen MR) is 59.8 cm³/mol. The Hall–Kier alpha value is -1.46. The number of halogens is 1. The number of ether oxygens (including phenoxy) is 1. The van der Waals surface area contributed by atoms with E-state index in [0.717, 1.165) is 0 Å². The summed E-state index contributed by atoms with van der Waals surface area (Å²) < 4.78 is 4.99. The molecule has 3 heteroatoms. The van der Waals surface area contributed by atoms with Crippen molar-refractivity contribution < 1.29 is 9.53 Å². The molecule has 15 heavy (non-hydrogen) atoms. The maximum Gasteiger partial charge on any atom is 0.338 e. The fourth-order valence-electron chi connectivity index (χ4n) is 0.989. The lowest BCUT2D eigenvalue weighted by Crippen LogP contribution is -2.05. The molecule has 78 valence electrons. The summed E-state index contributed by atoms with van der Waals surface area (Å²) in [4.78, 5) is 11.4. The van der Waals surface area contributed by atoms with Crippen molar-refractivity contribution in [2.75, 3.05) is 6.61 Å². The van der Waals surface area contributed by atoms with Crippen LogP contribution in [0.25, 0.3) is 0 Å². The summed E-state index contributed by atoms with van der Waals surface area (Å²) in [6.07, 6.45) is 0.565. The van der Waals surface area contributed by atoms with Gasteiger partial charge >= 0.3 is 5.97 Å². The summed E-state index contributed by atoms with van der Waals surface area (Å²) in [5.41, 5.74) is 0.504. The molecule has 0 spiro atoms. The normalized spacial score (nSPS) is 8.93. The van der Waals surface area contributed by atoms with Gasteiger partial charge in [0.25, 0.3) is 0 Å². The van der Waals surface area contributed by atoms with E-state index in [1.807, 2.05) is 0 Å². The predicted octanol–water partition coefficient (Wildman–Crippen LogP) is 2.91.